The van der Waals surface area contributed by atoms with E-state index in [0.29, 0.717) is 13.1 Å². The van der Waals surface area contributed by atoms with Gasteiger partial charge in [0, 0.05) is 11.5 Å². The second-order valence-corrected chi connectivity index (χ2v) is 4.19. The van der Waals surface area contributed by atoms with Crippen LogP contribution in [0.5, 0.6) is 0 Å². The van der Waals surface area contributed by atoms with Crippen molar-refractivity contribution >= 4 is 5.97 Å². The van der Waals surface area contributed by atoms with E-state index in [4.69, 9.17) is 10.3 Å². The fourth-order valence-corrected chi connectivity index (χ4v) is 1.69. The molecule has 0 aliphatic rings. The minimum Gasteiger partial charge on any atom is -0.468 e. The summed E-state index contributed by atoms with van der Waals surface area (Å²) < 4.78 is 4.76. The zero-order chi connectivity index (χ0) is 13.6. The molecule has 0 saturated carbocycles. The molecule has 0 aromatic carbocycles. The minimum absolute atomic E-state index is 0.213. The Hall–Kier alpha value is -1.26. The number of hydrogen-bond acceptors (Lipinski definition) is 4. The highest BCUT2D eigenvalue weighted by molar-refractivity contribution is 5.75. The van der Waals surface area contributed by atoms with E-state index in [1.807, 2.05) is 0 Å². The first-order valence-corrected chi connectivity index (χ1v) is 6.58. The number of methoxy groups -OCH3 is 1. The fourth-order valence-electron chi connectivity index (χ4n) is 1.69. The smallest absolute Gasteiger partial charge is 0.322 e. The Bertz CT molecular complexity index is 265. The van der Waals surface area contributed by atoms with Crippen LogP contribution in [-0.4, -0.2) is 32.2 Å². The van der Waals surface area contributed by atoms with Crippen molar-refractivity contribution in [2.24, 2.45) is 5.11 Å². The highest BCUT2D eigenvalue weighted by atomic mass is 16.5. The topological polar surface area (TPSA) is 87.1 Å². The van der Waals surface area contributed by atoms with Gasteiger partial charge in [-0.3, -0.25) is 4.79 Å². The van der Waals surface area contributed by atoms with E-state index in [9.17, 15) is 4.79 Å². The highest BCUT2D eigenvalue weighted by Gasteiger charge is 2.17. The fraction of sp³-hybridized carbons (Fsp3) is 0.917. The van der Waals surface area contributed by atoms with E-state index in [2.05, 4.69) is 22.3 Å². The van der Waals surface area contributed by atoms with E-state index in [1.54, 1.807) is 0 Å². The van der Waals surface area contributed by atoms with E-state index in [-0.39, 0.29) is 12.0 Å². The lowest BCUT2D eigenvalue weighted by Gasteiger charge is -2.15. The van der Waals surface area contributed by atoms with Gasteiger partial charge in [-0.05, 0) is 24.9 Å². The monoisotopic (exact) mass is 256 g/mol. The number of rotatable bonds is 11. The Morgan fingerprint density at radius 1 is 1.39 bits per heavy atom. The molecule has 0 aromatic rings. The summed E-state index contributed by atoms with van der Waals surface area (Å²) in [4.78, 5) is 14.2. The van der Waals surface area contributed by atoms with E-state index >= 15 is 0 Å². The molecule has 18 heavy (non-hydrogen) atoms. The van der Waals surface area contributed by atoms with Gasteiger partial charge in [0.25, 0.3) is 0 Å². The third-order valence-corrected chi connectivity index (χ3v) is 2.72. The maximum Gasteiger partial charge on any atom is 0.322 e. The van der Waals surface area contributed by atoms with Gasteiger partial charge in [-0.15, -0.1) is 0 Å². The maximum absolute atomic E-state index is 11.5. The lowest BCUT2D eigenvalue weighted by molar-refractivity contribution is -0.143. The molecular formula is C12H24N4O2. The number of carbonyl (C=O) groups is 1. The van der Waals surface area contributed by atoms with Crippen LogP contribution in [0, 0.1) is 0 Å². The summed E-state index contributed by atoms with van der Waals surface area (Å²) in [5, 5.41) is 6.59. The van der Waals surface area contributed by atoms with Crippen molar-refractivity contribution in [3.63, 3.8) is 0 Å². The summed E-state index contributed by atoms with van der Waals surface area (Å²) >= 11 is 0. The van der Waals surface area contributed by atoms with Crippen LogP contribution in [0.4, 0.5) is 0 Å². The predicted molar refractivity (Wildman–Crippen MR) is 71.2 cm³/mol. The first-order valence-electron chi connectivity index (χ1n) is 6.58. The summed E-state index contributed by atoms with van der Waals surface area (Å²) in [5.41, 5.74) is 8.13. The molecule has 6 nitrogen and oxygen atoms in total. The Kier molecular flexibility index (Phi) is 11.3. The molecule has 1 atom stereocenters. The Labute approximate surface area is 109 Å². The van der Waals surface area contributed by atoms with Gasteiger partial charge in [-0.1, -0.05) is 37.7 Å². The van der Waals surface area contributed by atoms with Gasteiger partial charge in [-0.2, -0.15) is 0 Å². The van der Waals surface area contributed by atoms with Gasteiger partial charge >= 0.3 is 5.97 Å². The van der Waals surface area contributed by atoms with Gasteiger partial charge in [0.15, 0.2) is 0 Å². The molecule has 104 valence electrons. The summed E-state index contributed by atoms with van der Waals surface area (Å²) in [5.74, 6) is -0.213. The number of ether oxygens (including phenoxy) is 1. The van der Waals surface area contributed by atoms with Gasteiger partial charge < -0.3 is 10.1 Å². The van der Waals surface area contributed by atoms with Crippen LogP contribution >= 0.6 is 0 Å². The summed E-state index contributed by atoms with van der Waals surface area (Å²) in [6.45, 7) is 3.27. The third-order valence-electron chi connectivity index (χ3n) is 2.72. The second kappa shape index (κ2) is 12.2. The Morgan fingerprint density at radius 2 is 2.17 bits per heavy atom. The third kappa shape index (κ3) is 8.84. The minimum atomic E-state index is -0.238. The maximum atomic E-state index is 11.5. The molecule has 6 heteroatoms. The lowest BCUT2D eigenvalue weighted by Crippen LogP contribution is -2.38. The largest absolute Gasteiger partial charge is 0.468 e. The van der Waals surface area contributed by atoms with Crippen LogP contribution in [0.25, 0.3) is 10.4 Å². The van der Waals surface area contributed by atoms with Crippen molar-refractivity contribution in [1.82, 2.24) is 5.32 Å². The van der Waals surface area contributed by atoms with Crippen LogP contribution in [0.3, 0.4) is 0 Å². The van der Waals surface area contributed by atoms with Crippen molar-refractivity contribution in [3.05, 3.63) is 10.4 Å². The van der Waals surface area contributed by atoms with Crippen LogP contribution in [0.15, 0.2) is 5.11 Å². The molecule has 0 aliphatic heterocycles. The standard InChI is InChI=1S/C12H24N4O2/c1-3-4-5-6-8-11(12(17)18-2)14-9-7-10-15-16-13/h11,14H,3-10H2,1-2H3. The number of azide groups is 1. The number of nitrogens with one attached hydrogen (secondary N) is 1. The van der Waals surface area contributed by atoms with Crippen LogP contribution in [0.1, 0.15) is 45.4 Å². The van der Waals surface area contributed by atoms with E-state index in [1.165, 1.54) is 20.0 Å². The van der Waals surface area contributed by atoms with Crippen molar-refractivity contribution in [3.8, 4) is 0 Å². The molecule has 0 heterocycles. The van der Waals surface area contributed by atoms with Crippen molar-refractivity contribution < 1.29 is 9.53 Å². The first kappa shape index (κ1) is 16.7. The summed E-state index contributed by atoms with van der Waals surface area (Å²) in [6, 6.07) is -0.238. The number of unbranched alkanes of at least 4 members (excludes halogenated alkanes) is 3. The molecule has 0 aromatic heterocycles. The average Bonchev–Trinajstić information content (AvgIpc) is 2.40. The number of carbonyl (C=O) groups excluding carboxylic acids is 1. The molecule has 0 fully saturated rings. The van der Waals surface area contributed by atoms with Gasteiger partial charge in [0.05, 0.1) is 7.11 Å². The number of nitrogens with zero attached hydrogens (tertiary/aromatic N) is 3. The molecule has 0 rings (SSSR count). The van der Waals surface area contributed by atoms with E-state index < -0.39 is 0 Å². The van der Waals surface area contributed by atoms with E-state index in [0.717, 1.165) is 25.7 Å². The molecule has 0 saturated heterocycles. The quantitative estimate of drug-likeness (QED) is 0.203. The van der Waals surface area contributed by atoms with Gasteiger partial charge in [0.1, 0.15) is 6.04 Å². The van der Waals surface area contributed by atoms with Crippen molar-refractivity contribution in [2.45, 2.75) is 51.5 Å². The summed E-state index contributed by atoms with van der Waals surface area (Å²) in [7, 11) is 1.41. The first-order chi connectivity index (χ1) is 8.76. The second-order valence-electron chi connectivity index (χ2n) is 4.19. The lowest BCUT2D eigenvalue weighted by atomic mass is 10.1. The molecule has 1 unspecified atom stereocenters. The molecule has 1 N–H and O–H groups in total. The Morgan fingerprint density at radius 3 is 2.78 bits per heavy atom. The van der Waals surface area contributed by atoms with Crippen LogP contribution in [0.2, 0.25) is 0 Å². The number of esters is 1. The molecule has 0 bridgehead atoms. The SMILES string of the molecule is CCCCCCC(NCCCN=[N+]=[N-])C(=O)OC. The van der Waals surface area contributed by atoms with Gasteiger partial charge in [-0.25, -0.2) is 0 Å². The van der Waals surface area contributed by atoms with Crippen LogP contribution < -0.4 is 5.32 Å². The molecule has 0 aliphatic carbocycles. The average molecular weight is 256 g/mol. The van der Waals surface area contributed by atoms with Gasteiger partial charge in [0.2, 0.25) is 0 Å². The molecule has 0 radical (unpaired) electrons. The molecule has 0 amide bonds. The zero-order valence-corrected chi connectivity index (χ0v) is 11.4. The van der Waals surface area contributed by atoms with Crippen molar-refractivity contribution in [2.75, 3.05) is 20.2 Å². The number of hydrogen-bond donors (Lipinski definition) is 1. The Balaban J connectivity index is 3.84. The normalized spacial score (nSPS) is 11.7. The zero-order valence-electron chi connectivity index (χ0n) is 11.4. The summed E-state index contributed by atoms with van der Waals surface area (Å²) in [6.07, 6.45) is 6.08. The molecule has 0 spiro atoms. The predicted octanol–water partition coefficient (Wildman–Crippen LogP) is 2.79. The van der Waals surface area contributed by atoms with Crippen LogP contribution in [-0.2, 0) is 9.53 Å². The highest BCUT2D eigenvalue weighted by Crippen LogP contribution is 2.06. The van der Waals surface area contributed by atoms with Crippen molar-refractivity contribution in [1.29, 1.82) is 0 Å². The molecular weight excluding hydrogens is 232 g/mol.